The molecule has 10 heteroatoms. The van der Waals surface area contributed by atoms with Crippen molar-refractivity contribution >= 4 is 29.1 Å². The Hall–Kier alpha value is -2.75. The molecule has 2 N–H and O–H groups in total. The Morgan fingerprint density at radius 1 is 1.12 bits per heavy atom. The number of benzene rings is 1. The second-order valence-electron chi connectivity index (χ2n) is 10.8. The second kappa shape index (κ2) is 17.9. The van der Waals surface area contributed by atoms with Crippen molar-refractivity contribution in [1.29, 1.82) is 0 Å². The molecule has 2 aliphatic rings. The van der Waals surface area contributed by atoms with E-state index in [2.05, 4.69) is 23.4 Å². The Labute approximate surface area is 248 Å². The lowest BCUT2D eigenvalue weighted by Crippen LogP contribution is -2.44. The van der Waals surface area contributed by atoms with Gasteiger partial charge in [0.1, 0.15) is 0 Å². The number of rotatable bonds is 11. The molecule has 0 aromatic heterocycles. The summed E-state index contributed by atoms with van der Waals surface area (Å²) in [4.78, 5) is 31.3. The SMILES string of the molecule is C=C/C=C(\C=C)C(O)C(=O)N1CCC(CC2CCN(c3ccc(C(=O)NCCN(C)C)c(Cl)c3)CC2)CC1.FCF. The molecule has 2 fully saturated rings. The van der Waals surface area contributed by atoms with Crippen LogP contribution in [0.5, 0.6) is 0 Å². The first-order valence-corrected chi connectivity index (χ1v) is 14.5. The van der Waals surface area contributed by atoms with Crippen LogP contribution in [0.1, 0.15) is 42.5 Å². The van der Waals surface area contributed by atoms with Gasteiger partial charge < -0.3 is 25.1 Å². The fourth-order valence-corrected chi connectivity index (χ4v) is 5.64. The van der Waals surface area contributed by atoms with Gasteiger partial charge >= 0.3 is 0 Å². The van der Waals surface area contributed by atoms with E-state index in [0.29, 0.717) is 47.6 Å². The molecule has 41 heavy (non-hydrogen) atoms. The van der Waals surface area contributed by atoms with Crippen LogP contribution < -0.4 is 10.2 Å². The van der Waals surface area contributed by atoms with Crippen molar-refractivity contribution < 1.29 is 23.5 Å². The molecule has 0 aliphatic carbocycles. The van der Waals surface area contributed by atoms with Gasteiger partial charge in [0.25, 0.3) is 11.8 Å². The summed E-state index contributed by atoms with van der Waals surface area (Å²) in [5, 5.41) is 13.8. The van der Waals surface area contributed by atoms with E-state index >= 15 is 0 Å². The molecule has 1 aromatic carbocycles. The number of aliphatic hydroxyl groups is 1. The number of likely N-dealkylation sites (tertiary alicyclic amines) is 1. The molecule has 0 bridgehead atoms. The van der Waals surface area contributed by atoms with E-state index in [9.17, 15) is 23.5 Å². The van der Waals surface area contributed by atoms with Crippen molar-refractivity contribution in [1.82, 2.24) is 15.1 Å². The van der Waals surface area contributed by atoms with E-state index in [4.69, 9.17) is 11.6 Å². The highest BCUT2D eigenvalue weighted by Crippen LogP contribution is 2.33. The van der Waals surface area contributed by atoms with Gasteiger partial charge in [0.15, 0.2) is 6.10 Å². The number of anilines is 1. The molecule has 2 saturated heterocycles. The number of carbonyl (C=O) groups excluding carboxylic acids is 2. The number of halogens is 3. The van der Waals surface area contributed by atoms with Crippen LogP contribution in [0.15, 0.2) is 55.2 Å². The Bertz CT molecular complexity index is 1040. The summed E-state index contributed by atoms with van der Waals surface area (Å²) in [5.41, 5.74) is 2.06. The normalized spacial score (nSPS) is 17.5. The van der Waals surface area contributed by atoms with Crippen molar-refractivity contribution in [2.75, 3.05) is 65.2 Å². The quantitative estimate of drug-likeness (QED) is 0.352. The van der Waals surface area contributed by atoms with Gasteiger partial charge in [-0.15, -0.1) is 0 Å². The van der Waals surface area contributed by atoms with Gasteiger partial charge in [-0.1, -0.05) is 43.0 Å². The summed E-state index contributed by atoms with van der Waals surface area (Å²) in [6.07, 6.45) is 8.89. The van der Waals surface area contributed by atoms with Crippen molar-refractivity contribution in [3.63, 3.8) is 0 Å². The molecule has 7 nitrogen and oxygen atoms in total. The third kappa shape index (κ3) is 10.9. The number of allylic oxidation sites excluding steroid dienone is 2. The fourth-order valence-electron chi connectivity index (χ4n) is 5.38. The maximum Gasteiger partial charge on any atom is 0.256 e. The molecule has 1 unspecified atom stereocenters. The summed E-state index contributed by atoms with van der Waals surface area (Å²) in [7, 11) is 3.94. The zero-order valence-corrected chi connectivity index (χ0v) is 25.1. The minimum absolute atomic E-state index is 0.140. The molecule has 2 amide bonds. The van der Waals surface area contributed by atoms with E-state index in [0.717, 1.165) is 51.0 Å². The largest absolute Gasteiger partial charge is 0.378 e. The molecule has 1 aromatic rings. The lowest BCUT2D eigenvalue weighted by Gasteiger charge is -2.38. The summed E-state index contributed by atoms with van der Waals surface area (Å²) in [6.45, 7) is 10.2. The first-order valence-electron chi connectivity index (χ1n) is 14.2. The highest BCUT2D eigenvalue weighted by molar-refractivity contribution is 6.34. The van der Waals surface area contributed by atoms with Crippen LogP contribution >= 0.6 is 11.6 Å². The number of piperidine rings is 2. The number of alkyl halides is 2. The summed E-state index contributed by atoms with van der Waals surface area (Å²) in [6, 6.07) is 5.73. The van der Waals surface area contributed by atoms with E-state index < -0.39 is 13.0 Å². The molecule has 3 rings (SSSR count). The van der Waals surface area contributed by atoms with Crippen molar-refractivity contribution in [2.45, 2.75) is 38.2 Å². The van der Waals surface area contributed by atoms with Crippen molar-refractivity contribution in [3.05, 3.63) is 65.7 Å². The van der Waals surface area contributed by atoms with Gasteiger partial charge in [0.05, 0.1) is 10.6 Å². The zero-order chi connectivity index (χ0) is 30.4. The third-order valence-electron chi connectivity index (χ3n) is 7.71. The number of nitrogens with zero attached hydrogens (tertiary/aromatic N) is 3. The van der Waals surface area contributed by atoms with Crippen LogP contribution in [0.2, 0.25) is 5.02 Å². The number of nitrogens with one attached hydrogen (secondary N) is 1. The topological polar surface area (TPSA) is 76.1 Å². The first-order chi connectivity index (χ1) is 19.6. The monoisotopic (exact) mass is 594 g/mol. The number of aliphatic hydroxyl groups excluding tert-OH is 1. The van der Waals surface area contributed by atoms with E-state index in [1.54, 1.807) is 17.1 Å². The Morgan fingerprint density at radius 3 is 2.22 bits per heavy atom. The van der Waals surface area contributed by atoms with Crippen LogP contribution in [-0.2, 0) is 4.79 Å². The minimum Gasteiger partial charge on any atom is -0.378 e. The first kappa shape index (κ1) is 34.5. The average molecular weight is 595 g/mol. The lowest BCUT2D eigenvalue weighted by atomic mass is 9.82. The van der Waals surface area contributed by atoms with Gasteiger partial charge in [-0.05, 0) is 81.8 Å². The number of amides is 2. The number of likely N-dealkylation sites (N-methyl/N-ethyl adjacent to an activating group) is 1. The van der Waals surface area contributed by atoms with Gasteiger partial charge in [0, 0.05) is 45.0 Å². The average Bonchev–Trinajstić information content (AvgIpc) is 2.96. The Balaban J connectivity index is 0.00000187. The van der Waals surface area contributed by atoms with Gasteiger partial charge in [-0.2, -0.15) is 0 Å². The van der Waals surface area contributed by atoms with Crippen LogP contribution in [-0.4, -0.2) is 93.1 Å². The van der Waals surface area contributed by atoms with Crippen molar-refractivity contribution in [2.24, 2.45) is 11.8 Å². The van der Waals surface area contributed by atoms with E-state index in [1.165, 1.54) is 12.5 Å². The van der Waals surface area contributed by atoms with Crippen LogP contribution in [0.4, 0.5) is 14.5 Å². The second-order valence-corrected chi connectivity index (χ2v) is 11.2. The minimum atomic E-state index is -1.75. The predicted octanol–water partition coefficient (Wildman–Crippen LogP) is 5.02. The van der Waals surface area contributed by atoms with Gasteiger partial charge in [-0.3, -0.25) is 9.59 Å². The van der Waals surface area contributed by atoms with Gasteiger partial charge in [0.2, 0.25) is 6.93 Å². The Kier molecular flexibility index (Phi) is 15.1. The molecule has 0 spiro atoms. The van der Waals surface area contributed by atoms with E-state index in [1.807, 2.05) is 37.2 Å². The molecule has 0 saturated carbocycles. The predicted molar refractivity (Wildman–Crippen MR) is 163 cm³/mol. The summed E-state index contributed by atoms with van der Waals surface area (Å²) < 4.78 is 19.2. The highest BCUT2D eigenvalue weighted by Gasteiger charge is 2.30. The molecule has 0 radical (unpaired) electrons. The lowest BCUT2D eigenvalue weighted by molar-refractivity contribution is -0.139. The number of hydrogen-bond acceptors (Lipinski definition) is 5. The molecular formula is C31H45ClF2N4O3. The summed E-state index contributed by atoms with van der Waals surface area (Å²) in [5.74, 6) is 0.887. The molecular weight excluding hydrogens is 550 g/mol. The summed E-state index contributed by atoms with van der Waals surface area (Å²) >= 11 is 6.48. The molecule has 2 heterocycles. The molecule has 1 atom stereocenters. The number of hydrogen-bond donors (Lipinski definition) is 2. The molecule has 2 aliphatic heterocycles. The Morgan fingerprint density at radius 2 is 1.71 bits per heavy atom. The number of carbonyl (C=O) groups is 2. The van der Waals surface area contributed by atoms with Crippen LogP contribution in [0.3, 0.4) is 0 Å². The van der Waals surface area contributed by atoms with E-state index in [-0.39, 0.29) is 11.8 Å². The van der Waals surface area contributed by atoms with Gasteiger partial charge in [-0.25, -0.2) is 8.78 Å². The fraction of sp³-hybridized carbons (Fsp3) is 0.548. The maximum atomic E-state index is 12.7. The third-order valence-corrected chi connectivity index (χ3v) is 8.02. The van der Waals surface area contributed by atoms with Crippen molar-refractivity contribution in [3.8, 4) is 0 Å². The standard InChI is InChI=1S/C30H43ClN4O3.CH2F2/c1-5-7-24(6-2)28(36)30(38)35-17-12-23(13-18-35)20-22-10-15-34(16-11-22)25-8-9-26(27(31)21-25)29(37)32-14-19-33(3)4;2-1-3/h5-9,21-23,28,36H,1-2,10-20H2,3-4H3,(H,32,37);1H2/b24-7+;. The molecule has 228 valence electrons. The smallest absolute Gasteiger partial charge is 0.256 e. The maximum absolute atomic E-state index is 12.7. The highest BCUT2D eigenvalue weighted by atomic mass is 35.5. The van der Waals surface area contributed by atoms with Crippen LogP contribution in [0.25, 0.3) is 0 Å². The zero-order valence-electron chi connectivity index (χ0n) is 24.3. The van der Waals surface area contributed by atoms with Crippen LogP contribution in [0, 0.1) is 11.8 Å².